The molecule has 0 radical (unpaired) electrons. The fraction of sp³-hybridized carbons (Fsp3) is 0.600. The molecule has 0 spiro atoms. The van der Waals surface area contributed by atoms with Crippen molar-refractivity contribution in [1.82, 2.24) is 5.32 Å². The van der Waals surface area contributed by atoms with E-state index >= 15 is 0 Å². The zero-order valence-electron chi connectivity index (χ0n) is 11.4. The van der Waals surface area contributed by atoms with E-state index in [2.05, 4.69) is 33.4 Å². The molecule has 2 unspecified atom stereocenters. The largest absolute Gasteiger partial charge is 0.496 e. The predicted octanol–water partition coefficient (Wildman–Crippen LogP) is 3.10. The monoisotopic (exact) mass is 327 g/mol. The summed E-state index contributed by atoms with van der Waals surface area (Å²) in [5.74, 6) is 1.27. The zero-order valence-corrected chi connectivity index (χ0v) is 12.9. The van der Waals surface area contributed by atoms with Gasteiger partial charge in [0.25, 0.3) is 0 Å². The van der Waals surface area contributed by atoms with E-state index in [0.29, 0.717) is 5.92 Å². The van der Waals surface area contributed by atoms with E-state index in [4.69, 9.17) is 4.74 Å². The number of aliphatic hydroxyl groups is 1. The molecule has 2 atom stereocenters. The molecule has 19 heavy (non-hydrogen) atoms. The third-order valence-corrected chi connectivity index (χ3v) is 4.44. The molecule has 1 saturated carbocycles. The smallest absolute Gasteiger partial charge is 0.133 e. The van der Waals surface area contributed by atoms with Gasteiger partial charge in [-0.25, -0.2) is 0 Å². The third-order valence-electron chi connectivity index (χ3n) is 3.82. The Hall–Kier alpha value is -0.580. The second kappa shape index (κ2) is 7.27. The van der Waals surface area contributed by atoms with E-state index in [-0.39, 0.29) is 6.10 Å². The third kappa shape index (κ3) is 4.20. The summed E-state index contributed by atoms with van der Waals surface area (Å²) in [5, 5.41) is 13.4. The second-order valence-electron chi connectivity index (χ2n) is 5.21. The van der Waals surface area contributed by atoms with Crippen molar-refractivity contribution >= 4 is 15.9 Å². The average Bonchev–Trinajstić information content (AvgIpc) is 2.41. The molecule has 1 aliphatic carbocycles. The van der Waals surface area contributed by atoms with Gasteiger partial charge in [-0.2, -0.15) is 0 Å². The summed E-state index contributed by atoms with van der Waals surface area (Å²) in [6.07, 6.45) is 4.39. The molecule has 1 fully saturated rings. The lowest BCUT2D eigenvalue weighted by molar-refractivity contribution is 0.0695. The van der Waals surface area contributed by atoms with Gasteiger partial charge in [-0.1, -0.05) is 18.9 Å². The van der Waals surface area contributed by atoms with Crippen molar-refractivity contribution in [2.45, 2.75) is 38.3 Å². The molecule has 0 amide bonds. The van der Waals surface area contributed by atoms with E-state index < -0.39 is 0 Å². The molecule has 2 rings (SSSR count). The van der Waals surface area contributed by atoms with Gasteiger partial charge in [0.2, 0.25) is 0 Å². The van der Waals surface area contributed by atoms with Crippen molar-refractivity contribution in [3.05, 3.63) is 28.2 Å². The Labute approximate surface area is 123 Å². The Morgan fingerprint density at radius 2 is 2.16 bits per heavy atom. The van der Waals surface area contributed by atoms with Gasteiger partial charge in [-0.15, -0.1) is 0 Å². The number of rotatable bonds is 5. The topological polar surface area (TPSA) is 41.5 Å². The molecular weight excluding hydrogens is 306 g/mol. The van der Waals surface area contributed by atoms with E-state index in [1.165, 1.54) is 18.4 Å². The normalized spacial score (nSPS) is 23.3. The summed E-state index contributed by atoms with van der Waals surface area (Å²) in [6, 6.07) is 6.10. The molecule has 0 aromatic heterocycles. The fourth-order valence-corrected chi connectivity index (χ4v) is 3.24. The quantitative estimate of drug-likeness (QED) is 0.873. The van der Waals surface area contributed by atoms with Crippen LogP contribution in [0, 0.1) is 5.92 Å². The maximum Gasteiger partial charge on any atom is 0.133 e. The fourth-order valence-electron chi connectivity index (χ4n) is 2.65. The summed E-state index contributed by atoms with van der Waals surface area (Å²) in [5.41, 5.74) is 1.22. The first-order chi connectivity index (χ1) is 9.20. The highest BCUT2D eigenvalue weighted by Gasteiger charge is 2.22. The molecule has 3 nitrogen and oxygen atoms in total. The molecular formula is C15H22BrNO2. The molecule has 0 heterocycles. The molecule has 1 aromatic rings. The van der Waals surface area contributed by atoms with Gasteiger partial charge >= 0.3 is 0 Å². The van der Waals surface area contributed by atoms with Gasteiger partial charge < -0.3 is 15.2 Å². The molecule has 106 valence electrons. The highest BCUT2D eigenvalue weighted by molar-refractivity contribution is 9.10. The van der Waals surface area contributed by atoms with Gasteiger partial charge in [-0.05, 0) is 52.4 Å². The van der Waals surface area contributed by atoms with Crippen LogP contribution in [0.2, 0.25) is 0 Å². The standard InChI is InChI=1S/C15H22BrNO2/c1-19-15-7-6-11(8-13(15)16)9-17-10-12-4-2-3-5-14(12)18/h6-8,12,14,17-18H,2-5,9-10H2,1H3. The van der Waals surface area contributed by atoms with Crippen LogP contribution in [-0.2, 0) is 6.54 Å². The average molecular weight is 328 g/mol. The Kier molecular flexibility index (Phi) is 5.67. The van der Waals surface area contributed by atoms with Crippen molar-refractivity contribution in [1.29, 1.82) is 0 Å². The number of nitrogens with one attached hydrogen (secondary N) is 1. The minimum atomic E-state index is -0.121. The number of aliphatic hydroxyl groups excluding tert-OH is 1. The van der Waals surface area contributed by atoms with Crippen LogP contribution in [0.15, 0.2) is 22.7 Å². The van der Waals surface area contributed by atoms with Crippen LogP contribution >= 0.6 is 15.9 Å². The highest BCUT2D eigenvalue weighted by Crippen LogP contribution is 2.26. The van der Waals surface area contributed by atoms with Gasteiger partial charge in [0, 0.05) is 13.1 Å². The summed E-state index contributed by atoms with van der Waals surface area (Å²) < 4.78 is 6.19. The Morgan fingerprint density at radius 1 is 1.37 bits per heavy atom. The van der Waals surface area contributed by atoms with Gasteiger partial charge in [0.15, 0.2) is 0 Å². The summed E-state index contributed by atoms with van der Waals surface area (Å²) >= 11 is 3.49. The maximum atomic E-state index is 9.91. The van der Waals surface area contributed by atoms with E-state index in [0.717, 1.165) is 36.2 Å². The number of hydrogen-bond donors (Lipinski definition) is 2. The molecule has 0 aliphatic heterocycles. The molecule has 4 heteroatoms. The Bertz CT molecular complexity index is 411. The molecule has 1 aromatic carbocycles. The SMILES string of the molecule is COc1ccc(CNCC2CCCCC2O)cc1Br. The predicted molar refractivity (Wildman–Crippen MR) is 80.4 cm³/mol. The Balaban J connectivity index is 1.80. The number of ether oxygens (including phenoxy) is 1. The number of hydrogen-bond acceptors (Lipinski definition) is 3. The first-order valence-electron chi connectivity index (χ1n) is 6.92. The van der Waals surface area contributed by atoms with E-state index in [9.17, 15) is 5.11 Å². The first-order valence-corrected chi connectivity index (χ1v) is 7.71. The lowest BCUT2D eigenvalue weighted by atomic mass is 9.86. The van der Waals surface area contributed by atoms with Gasteiger partial charge in [0.05, 0.1) is 17.7 Å². The van der Waals surface area contributed by atoms with Crippen molar-refractivity contribution < 1.29 is 9.84 Å². The van der Waals surface area contributed by atoms with Crippen LogP contribution in [0.4, 0.5) is 0 Å². The molecule has 0 saturated heterocycles. The van der Waals surface area contributed by atoms with Crippen LogP contribution in [0.25, 0.3) is 0 Å². The highest BCUT2D eigenvalue weighted by atomic mass is 79.9. The van der Waals surface area contributed by atoms with Gasteiger partial charge in [0.1, 0.15) is 5.75 Å². The second-order valence-corrected chi connectivity index (χ2v) is 6.07. The summed E-state index contributed by atoms with van der Waals surface area (Å²) in [6.45, 7) is 1.72. The first kappa shape index (κ1) is 14.8. The Morgan fingerprint density at radius 3 is 2.84 bits per heavy atom. The van der Waals surface area contributed by atoms with Crippen molar-refractivity contribution in [2.24, 2.45) is 5.92 Å². The molecule has 2 N–H and O–H groups in total. The molecule has 1 aliphatic rings. The van der Waals surface area contributed by atoms with Crippen molar-refractivity contribution in [3.8, 4) is 5.75 Å². The van der Waals surface area contributed by atoms with Crippen LogP contribution in [0.3, 0.4) is 0 Å². The van der Waals surface area contributed by atoms with Crippen LogP contribution < -0.4 is 10.1 Å². The van der Waals surface area contributed by atoms with Crippen LogP contribution in [0.1, 0.15) is 31.2 Å². The number of halogens is 1. The van der Waals surface area contributed by atoms with Crippen LogP contribution in [-0.4, -0.2) is 24.9 Å². The summed E-state index contributed by atoms with van der Waals surface area (Å²) in [7, 11) is 1.67. The van der Waals surface area contributed by atoms with Gasteiger partial charge in [-0.3, -0.25) is 0 Å². The van der Waals surface area contributed by atoms with E-state index in [1.54, 1.807) is 7.11 Å². The lowest BCUT2D eigenvalue weighted by Crippen LogP contribution is -2.33. The van der Waals surface area contributed by atoms with E-state index in [1.807, 2.05) is 6.07 Å². The maximum absolute atomic E-state index is 9.91. The summed E-state index contributed by atoms with van der Waals surface area (Å²) in [4.78, 5) is 0. The minimum Gasteiger partial charge on any atom is -0.496 e. The van der Waals surface area contributed by atoms with Crippen molar-refractivity contribution in [3.63, 3.8) is 0 Å². The molecule has 0 bridgehead atoms. The zero-order chi connectivity index (χ0) is 13.7. The number of methoxy groups -OCH3 is 1. The van der Waals surface area contributed by atoms with Crippen LogP contribution in [0.5, 0.6) is 5.75 Å². The minimum absolute atomic E-state index is 0.121. The number of benzene rings is 1. The van der Waals surface area contributed by atoms with Crippen molar-refractivity contribution in [2.75, 3.05) is 13.7 Å². The lowest BCUT2D eigenvalue weighted by Gasteiger charge is -2.27.